The summed E-state index contributed by atoms with van der Waals surface area (Å²) in [5.41, 5.74) is 1.09. The molecular weight excluding hydrogens is 246 g/mol. The minimum absolute atomic E-state index is 0.325. The van der Waals surface area contributed by atoms with Gasteiger partial charge in [0.25, 0.3) is 0 Å². The molecule has 0 bridgehead atoms. The van der Waals surface area contributed by atoms with Crippen molar-refractivity contribution in [3.05, 3.63) is 16.1 Å². The third-order valence-electron chi connectivity index (χ3n) is 2.55. The molecule has 0 saturated carbocycles. The van der Waals surface area contributed by atoms with Gasteiger partial charge in [0.1, 0.15) is 0 Å². The number of hydrogen-bond acceptors (Lipinski definition) is 5. The summed E-state index contributed by atoms with van der Waals surface area (Å²) in [4.78, 5) is 6.53. The molecule has 104 valence electrons. The van der Waals surface area contributed by atoms with E-state index in [1.54, 1.807) is 11.3 Å². The van der Waals surface area contributed by atoms with E-state index in [9.17, 15) is 5.11 Å². The van der Waals surface area contributed by atoms with E-state index in [-0.39, 0.29) is 6.10 Å². The number of hydrogen-bond donors (Lipinski definition) is 2. The highest BCUT2D eigenvalue weighted by Gasteiger charge is 2.09. The van der Waals surface area contributed by atoms with Gasteiger partial charge in [-0.15, -0.1) is 11.3 Å². The van der Waals surface area contributed by atoms with Gasteiger partial charge < -0.3 is 10.4 Å². The Morgan fingerprint density at radius 2 is 2.17 bits per heavy atom. The summed E-state index contributed by atoms with van der Waals surface area (Å²) >= 11 is 1.67. The third-order valence-corrected chi connectivity index (χ3v) is 3.38. The lowest BCUT2D eigenvalue weighted by atomic mass is 10.2. The van der Waals surface area contributed by atoms with Crippen LogP contribution in [0.25, 0.3) is 0 Å². The number of nitrogens with zero attached hydrogens (tertiary/aromatic N) is 2. The molecule has 4 nitrogen and oxygen atoms in total. The Hall–Kier alpha value is -0.490. The van der Waals surface area contributed by atoms with E-state index in [0.717, 1.165) is 23.8 Å². The van der Waals surface area contributed by atoms with Crippen LogP contribution in [0.3, 0.4) is 0 Å². The average Bonchev–Trinajstić information content (AvgIpc) is 2.62. The topological polar surface area (TPSA) is 48.4 Å². The molecule has 0 amide bonds. The molecule has 0 saturated heterocycles. The number of thiazole rings is 1. The molecule has 1 heterocycles. The van der Waals surface area contributed by atoms with Gasteiger partial charge in [-0.25, -0.2) is 4.98 Å². The summed E-state index contributed by atoms with van der Waals surface area (Å²) in [6, 6.07) is 0. The van der Waals surface area contributed by atoms with Crippen LogP contribution in [0, 0.1) is 12.8 Å². The Kier molecular flexibility index (Phi) is 6.78. The summed E-state index contributed by atoms with van der Waals surface area (Å²) in [6.07, 6.45) is -0.325. The molecule has 0 spiro atoms. The normalized spacial score (nSPS) is 13.5. The molecular formula is C13H25N3OS. The fourth-order valence-corrected chi connectivity index (χ4v) is 2.39. The predicted octanol–water partition coefficient (Wildman–Crippen LogP) is 1.49. The molecule has 0 aromatic carbocycles. The zero-order valence-electron chi connectivity index (χ0n) is 11.8. The van der Waals surface area contributed by atoms with Crippen LogP contribution in [0.4, 0.5) is 0 Å². The lowest BCUT2D eigenvalue weighted by Gasteiger charge is -2.20. The highest BCUT2D eigenvalue weighted by atomic mass is 32.1. The molecule has 1 aromatic heterocycles. The summed E-state index contributed by atoms with van der Waals surface area (Å²) in [7, 11) is 2.01. The van der Waals surface area contributed by atoms with Crippen LogP contribution in [-0.2, 0) is 6.54 Å². The largest absolute Gasteiger partial charge is 0.390 e. The van der Waals surface area contributed by atoms with Crippen LogP contribution < -0.4 is 5.32 Å². The molecule has 1 rings (SSSR count). The quantitative estimate of drug-likeness (QED) is 0.752. The van der Waals surface area contributed by atoms with Gasteiger partial charge in [0.2, 0.25) is 0 Å². The number of aromatic nitrogens is 1. The van der Waals surface area contributed by atoms with E-state index in [1.807, 2.05) is 14.0 Å². The monoisotopic (exact) mass is 271 g/mol. The molecule has 1 atom stereocenters. The van der Waals surface area contributed by atoms with E-state index in [2.05, 4.69) is 34.4 Å². The number of aliphatic hydroxyl groups is 1. The standard InChI is InChI=1S/C13H25N3OS/c1-10(2)5-14-6-13(17)8-16(4)7-12-9-18-11(3)15-12/h9-10,13-14,17H,5-8H2,1-4H3. The van der Waals surface area contributed by atoms with E-state index in [1.165, 1.54) is 0 Å². The molecule has 0 aliphatic rings. The van der Waals surface area contributed by atoms with Crippen molar-refractivity contribution >= 4 is 11.3 Å². The van der Waals surface area contributed by atoms with Crippen molar-refractivity contribution in [2.24, 2.45) is 5.92 Å². The van der Waals surface area contributed by atoms with Gasteiger partial charge >= 0.3 is 0 Å². The first-order valence-corrected chi connectivity index (χ1v) is 7.33. The van der Waals surface area contributed by atoms with Gasteiger partial charge in [0.15, 0.2) is 0 Å². The van der Waals surface area contributed by atoms with Gasteiger partial charge in [0, 0.05) is 25.0 Å². The van der Waals surface area contributed by atoms with E-state index in [4.69, 9.17) is 0 Å². The average molecular weight is 271 g/mol. The molecule has 0 aliphatic heterocycles. The molecule has 0 aliphatic carbocycles. The van der Waals surface area contributed by atoms with Crippen molar-refractivity contribution in [1.29, 1.82) is 0 Å². The summed E-state index contributed by atoms with van der Waals surface area (Å²) in [5, 5.41) is 16.3. The van der Waals surface area contributed by atoms with Crippen molar-refractivity contribution in [3.63, 3.8) is 0 Å². The number of likely N-dealkylation sites (N-methyl/N-ethyl adjacent to an activating group) is 1. The van der Waals surface area contributed by atoms with E-state index >= 15 is 0 Å². The Labute approximate surface area is 114 Å². The SMILES string of the molecule is Cc1nc(CN(C)CC(O)CNCC(C)C)cs1. The first kappa shape index (κ1) is 15.6. The number of nitrogens with one attached hydrogen (secondary N) is 1. The zero-order chi connectivity index (χ0) is 13.5. The van der Waals surface area contributed by atoms with Crippen molar-refractivity contribution < 1.29 is 5.11 Å². The molecule has 18 heavy (non-hydrogen) atoms. The second-order valence-electron chi connectivity index (χ2n) is 5.26. The van der Waals surface area contributed by atoms with Crippen molar-refractivity contribution in [3.8, 4) is 0 Å². The molecule has 1 unspecified atom stereocenters. The first-order valence-electron chi connectivity index (χ1n) is 6.45. The minimum Gasteiger partial charge on any atom is -0.390 e. The highest BCUT2D eigenvalue weighted by molar-refractivity contribution is 7.09. The molecule has 2 N–H and O–H groups in total. The predicted molar refractivity (Wildman–Crippen MR) is 76.9 cm³/mol. The van der Waals surface area contributed by atoms with Crippen LogP contribution in [0.5, 0.6) is 0 Å². The van der Waals surface area contributed by atoms with Crippen LogP contribution in [0.1, 0.15) is 24.5 Å². The lowest BCUT2D eigenvalue weighted by Crippen LogP contribution is -2.37. The van der Waals surface area contributed by atoms with Crippen molar-refractivity contribution in [1.82, 2.24) is 15.2 Å². The van der Waals surface area contributed by atoms with Gasteiger partial charge in [-0.2, -0.15) is 0 Å². The number of aliphatic hydroxyl groups excluding tert-OH is 1. The Bertz CT molecular complexity index is 341. The van der Waals surface area contributed by atoms with Crippen LogP contribution in [0.15, 0.2) is 5.38 Å². The summed E-state index contributed by atoms with van der Waals surface area (Å²) in [5.74, 6) is 0.618. The second-order valence-corrected chi connectivity index (χ2v) is 6.32. The Morgan fingerprint density at radius 1 is 1.44 bits per heavy atom. The maximum Gasteiger partial charge on any atom is 0.0897 e. The maximum absolute atomic E-state index is 9.89. The summed E-state index contributed by atoms with van der Waals surface area (Å²) < 4.78 is 0. The Morgan fingerprint density at radius 3 is 2.72 bits per heavy atom. The number of aryl methyl sites for hydroxylation is 1. The van der Waals surface area contributed by atoms with Crippen LogP contribution >= 0.6 is 11.3 Å². The number of rotatable bonds is 8. The van der Waals surface area contributed by atoms with Crippen molar-refractivity contribution in [2.75, 3.05) is 26.7 Å². The molecule has 0 radical (unpaired) electrons. The first-order chi connectivity index (χ1) is 8.47. The van der Waals surface area contributed by atoms with E-state index < -0.39 is 0 Å². The smallest absolute Gasteiger partial charge is 0.0897 e. The van der Waals surface area contributed by atoms with E-state index in [0.29, 0.717) is 19.0 Å². The van der Waals surface area contributed by atoms with Crippen LogP contribution in [-0.4, -0.2) is 47.8 Å². The van der Waals surface area contributed by atoms with Crippen LogP contribution in [0.2, 0.25) is 0 Å². The fraction of sp³-hybridized carbons (Fsp3) is 0.769. The second kappa shape index (κ2) is 7.84. The van der Waals surface area contributed by atoms with Gasteiger partial charge in [-0.1, -0.05) is 13.8 Å². The highest BCUT2D eigenvalue weighted by Crippen LogP contribution is 2.09. The minimum atomic E-state index is -0.325. The maximum atomic E-state index is 9.89. The molecule has 0 fully saturated rings. The van der Waals surface area contributed by atoms with Crippen molar-refractivity contribution in [2.45, 2.75) is 33.4 Å². The third kappa shape index (κ3) is 6.44. The molecule has 5 heteroatoms. The summed E-state index contributed by atoms with van der Waals surface area (Å²) in [6.45, 7) is 9.41. The lowest BCUT2D eigenvalue weighted by molar-refractivity contribution is 0.120. The van der Waals surface area contributed by atoms with Gasteiger partial charge in [-0.3, -0.25) is 4.90 Å². The van der Waals surface area contributed by atoms with Gasteiger partial charge in [0.05, 0.1) is 16.8 Å². The Balaban J connectivity index is 2.20. The fourth-order valence-electron chi connectivity index (χ4n) is 1.78. The van der Waals surface area contributed by atoms with Gasteiger partial charge in [-0.05, 0) is 26.4 Å². The molecule has 1 aromatic rings. The zero-order valence-corrected chi connectivity index (χ0v) is 12.6.